The number of aliphatic carboxylic acids is 1. The molecule has 1 unspecified atom stereocenters. The predicted molar refractivity (Wildman–Crippen MR) is 41.5 cm³/mol. The highest BCUT2D eigenvalue weighted by Gasteiger charge is 2.48. The summed E-state index contributed by atoms with van der Waals surface area (Å²) in [6.07, 6.45) is 1.67. The van der Waals surface area contributed by atoms with Gasteiger partial charge in [-0.25, -0.2) is 9.59 Å². The van der Waals surface area contributed by atoms with Gasteiger partial charge in [-0.15, -0.1) is 0 Å². The van der Waals surface area contributed by atoms with E-state index < -0.39 is 17.5 Å². The van der Waals surface area contributed by atoms with Gasteiger partial charge in [0.1, 0.15) is 5.54 Å². The third-order valence-corrected chi connectivity index (χ3v) is 2.22. The molecule has 68 valence electrons. The van der Waals surface area contributed by atoms with Crippen LogP contribution in [0.25, 0.3) is 0 Å². The first-order chi connectivity index (χ1) is 5.47. The van der Waals surface area contributed by atoms with Crippen LogP contribution in [0.4, 0.5) is 4.79 Å². The van der Waals surface area contributed by atoms with Crippen molar-refractivity contribution in [1.82, 2.24) is 5.32 Å². The smallest absolute Gasteiger partial charge is 0.329 e. The lowest BCUT2D eigenvalue weighted by Crippen LogP contribution is -2.55. The van der Waals surface area contributed by atoms with Gasteiger partial charge in [-0.1, -0.05) is 0 Å². The van der Waals surface area contributed by atoms with Crippen molar-refractivity contribution in [2.75, 3.05) is 0 Å². The second-order valence-corrected chi connectivity index (χ2v) is 3.27. The average Bonchev–Trinajstić information content (AvgIpc) is 2.65. The van der Waals surface area contributed by atoms with Gasteiger partial charge in [0, 0.05) is 0 Å². The second kappa shape index (κ2) is 2.66. The molecule has 0 heterocycles. The molecule has 5 heteroatoms. The van der Waals surface area contributed by atoms with Gasteiger partial charge in [0.05, 0.1) is 0 Å². The van der Waals surface area contributed by atoms with Crippen LogP contribution in [-0.4, -0.2) is 22.6 Å². The molecule has 12 heavy (non-hydrogen) atoms. The zero-order valence-electron chi connectivity index (χ0n) is 6.83. The molecule has 5 nitrogen and oxygen atoms in total. The van der Waals surface area contributed by atoms with Gasteiger partial charge in [0.15, 0.2) is 0 Å². The fraction of sp³-hybridized carbons (Fsp3) is 0.714. The largest absolute Gasteiger partial charge is 0.480 e. The number of carbonyl (C=O) groups excluding carboxylic acids is 1. The van der Waals surface area contributed by atoms with Gasteiger partial charge in [-0.2, -0.15) is 0 Å². The Hall–Kier alpha value is -1.26. The Bertz CT molecular complexity index is 225. The topological polar surface area (TPSA) is 92.4 Å². The van der Waals surface area contributed by atoms with E-state index in [1.54, 1.807) is 0 Å². The minimum atomic E-state index is -1.17. The number of carbonyl (C=O) groups is 2. The van der Waals surface area contributed by atoms with Gasteiger partial charge < -0.3 is 16.2 Å². The molecule has 1 rings (SSSR count). The number of nitrogens with one attached hydrogen (secondary N) is 1. The maximum absolute atomic E-state index is 10.8. The summed E-state index contributed by atoms with van der Waals surface area (Å²) in [5, 5.41) is 11.1. The molecule has 1 fully saturated rings. The van der Waals surface area contributed by atoms with E-state index in [0.29, 0.717) is 0 Å². The van der Waals surface area contributed by atoms with E-state index >= 15 is 0 Å². The Morgan fingerprint density at radius 3 is 2.33 bits per heavy atom. The molecule has 0 saturated heterocycles. The predicted octanol–water partition coefficient (Wildman–Crippen LogP) is -0.0920. The number of carboxylic acids is 1. The molecule has 0 bridgehead atoms. The minimum Gasteiger partial charge on any atom is -0.480 e. The number of rotatable bonds is 3. The molecule has 0 radical (unpaired) electrons. The minimum absolute atomic E-state index is 0.0301. The highest BCUT2D eigenvalue weighted by molar-refractivity contribution is 5.85. The second-order valence-electron chi connectivity index (χ2n) is 3.27. The fourth-order valence-electron chi connectivity index (χ4n) is 1.25. The lowest BCUT2D eigenvalue weighted by molar-refractivity contribution is -0.144. The van der Waals surface area contributed by atoms with Crippen LogP contribution in [0.3, 0.4) is 0 Å². The maximum atomic E-state index is 10.8. The number of hydrogen-bond donors (Lipinski definition) is 3. The van der Waals surface area contributed by atoms with E-state index in [1.807, 2.05) is 0 Å². The molecule has 1 aliphatic carbocycles. The normalized spacial score (nSPS) is 21.1. The van der Waals surface area contributed by atoms with Crippen molar-refractivity contribution in [2.24, 2.45) is 11.7 Å². The van der Waals surface area contributed by atoms with Crippen molar-refractivity contribution < 1.29 is 14.7 Å². The van der Waals surface area contributed by atoms with Crippen molar-refractivity contribution in [2.45, 2.75) is 25.3 Å². The third kappa shape index (κ3) is 1.49. The Labute approximate surface area is 69.9 Å². The summed E-state index contributed by atoms with van der Waals surface area (Å²) >= 11 is 0. The van der Waals surface area contributed by atoms with Gasteiger partial charge >= 0.3 is 12.0 Å². The summed E-state index contributed by atoms with van der Waals surface area (Å²) < 4.78 is 0. The van der Waals surface area contributed by atoms with E-state index in [-0.39, 0.29) is 5.92 Å². The Morgan fingerprint density at radius 1 is 1.58 bits per heavy atom. The summed E-state index contributed by atoms with van der Waals surface area (Å²) in [6, 6.07) is -0.785. The Kier molecular flexibility index (Phi) is 1.95. The van der Waals surface area contributed by atoms with Crippen LogP contribution >= 0.6 is 0 Å². The molecule has 1 atom stereocenters. The van der Waals surface area contributed by atoms with E-state index in [0.717, 1.165) is 12.8 Å². The number of carboxylic acid groups (broad SMARTS) is 1. The Morgan fingerprint density at radius 2 is 2.08 bits per heavy atom. The molecule has 0 spiro atoms. The van der Waals surface area contributed by atoms with Crippen LogP contribution in [0, 0.1) is 5.92 Å². The number of primary amides is 1. The van der Waals surface area contributed by atoms with Gasteiger partial charge in [0.2, 0.25) is 0 Å². The molecule has 1 saturated carbocycles. The summed E-state index contributed by atoms with van der Waals surface area (Å²) in [4.78, 5) is 21.3. The van der Waals surface area contributed by atoms with Crippen molar-refractivity contribution in [3.8, 4) is 0 Å². The van der Waals surface area contributed by atoms with Crippen LogP contribution < -0.4 is 11.1 Å². The number of nitrogens with two attached hydrogens (primary N) is 1. The highest BCUT2D eigenvalue weighted by Crippen LogP contribution is 2.39. The summed E-state index contributed by atoms with van der Waals surface area (Å²) in [5.74, 6) is -0.994. The summed E-state index contributed by atoms with van der Waals surface area (Å²) in [7, 11) is 0. The van der Waals surface area contributed by atoms with Crippen molar-refractivity contribution in [3.05, 3.63) is 0 Å². The SMILES string of the molecule is CC(NC(N)=O)(C(=O)O)C1CC1. The molecule has 2 amide bonds. The van der Waals surface area contributed by atoms with E-state index in [2.05, 4.69) is 5.32 Å². The average molecular weight is 172 g/mol. The van der Waals surface area contributed by atoms with Crippen LogP contribution in [0.15, 0.2) is 0 Å². The zero-order chi connectivity index (χ0) is 9.35. The van der Waals surface area contributed by atoms with Gasteiger partial charge in [-0.05, 0) is 25.7 Å². The molecule has 0 aromatic heterocycles. The fourth-order valence-corrected chi connectivity index (χ4v) is 1.25. The lowest BCUT2D eigenvalue weighted by Gasteiger charge is -2.24. The summed E-state index contributed by atoms with van der Waals surface area (Å²) in [5.41, 5.74) is 3.69. The number of hydrogen-bond acceptors (Lipinski definition) is 2. The van der Waals surface area contributed by atoms with Crippen LogP contribution in [0.2, 0.25) is 0 Å². The van der Waals surface area contributed by atoms with E-state index in [1.165, 1.54) is 6.92 Å². The quantitative estimate of drug-likeness (QED) is 0.555. The van der Waals surface area contributed by atoms with Crippen LogP contribution in [-0.2, 0) is 4.79 Å². The molecular weight excluding hydrogens is 160 g/mol. The van der Waals surface area contributed by atoms with Crippen LogP contribution in [0.1, 0.15) is 19.8 Å². The monoisotopic (exact) mass is 172 g/mol. The van der Waals surface area contributed by atoms with E-state index in [9.17, 15) is 9.59 Å². The first kappa shape index (κ1) is 8.83. The molecule has 0 aliphatic heterocycles. The first-order valence-electron chi connectivity index (χ1n) is 3.78. The maximum Gasteiger partial charge on any atom is 0.329 e. The van der Waals surface area contributed by atoms with E-state index in [4.69, 9.17) is 10.8 Å². The van der Waals surface area contributed by atoms with Gasteiger partial charge in [-0.3, -0.25) is 0 Å². The third-order valence-electron chi connectivity index (χ3n) is 2.22. The molecule has 4 N–H and O–H groups in total. The molecule has 0 aromatic rings. The molecule has 1 aliphatic rings. The van der Waals surface area contributed by atoms with Crippen molar-refractivity contribution >= 4 is 12.0 Å². The molecule has 0 aromatic carbocycles. The zero-order valence-corrected chi connectivity index (χ0v) is 6.83. The Balaban J connectivity index is 2.71. The number of urea groups is 1. The van der Waals surface area contributed by atoms with Crippen LogP contribution in [0.5, 0.6) is 0 Å². The molecular formula is C7H12N2O3. The first-order valence-corrected chi connectivity index (χ1v) is 3.78. The summed E-state index contributed by atoms with van der Waals surface area (Å²) in [6.45, 7) is 1.48. The number of amides is 2. The van der Waals surface area contributed by atoms with Gasteiger partial charge in [0.25, 0.3) is 0 Å². The van der Waals surface area contributed by atoms with Crippen molar-refractivity contribution in [3.63, 3.8) is 0 Å². The van der Waals surface area contributed by atoms with Crippen molar-refractivity contribution in [1.29, 1.82) is 0 Å². The standard InChI is InChI=1S/C7H12N2O3/c1-7(5(10)11,4-2-3-4)9-6(8)12/h4H,2-3H2,1H3,(H,10,11)(H3,8,9,12). The lowest BCUT2D eigenvalue weighted by atomic mass is 9.96. The highest BCUT2D eigenvalue weighted by atomic mass is 16.4.